The van der Waals surface area contributed by atoms with E-state index in [9.17, 15) is 14.4 Å². The van der Waals surface area contributed by atoms with E-state index in [0.29, 0.717) is 5.56 Å². The molecule has 4 nitrogen and oxygen atoms in total. The first-order valence-corrected chi connectivity index (χ1v) is 6.78. The Bertz CT molecular complexity index is 666. The molecule has 1 aliphatic rings. The molecule has 0 saturated carbocycles. The van der Waals surface area contributed by atoms with Crippen molar-refractivity contribution in [3.63, 3.8) is 0 Å². The van der Waals surface area contributed by atoms with Crippen molar-refractivity contribution < 1.29 is 19.1 Å². The topological polar surface area (TPSA) is 60.4 Å². The minimum absolute atomic E-state index is 0.156. The number of esters is 1. The summed E-state index contributed by atoms with van der Waals surface area (Å²) in [5.74, 6) is -2.09. The van der Waals surface area contributed by atoms with Gasteiger partial charge in [-0.1, -0.05) is 46.9 Å². The van der Waals surface area contributed by atoms with Gasteiger partial charge in [-0.25, -0.2) is 4.79 Å². The van der Waals surface area contributed by atoms with Gasteiger partial charge in [0.15, 0.2) is 11.5 Å². The second kappa shape index (κ2) is 6.02. The second-order valence-corrected chi connectivity index (χ2v) is 6.35. The summed E-state index contributed by atoms with van der Waals surface area (Å²) in [4.78, 5) is 34.5. The number of rotatable bonds is 2. The summed E-state index contributed by atoms with van der Waals surface area (Å²) in [7, 11) is 0. The molecule has 0 N–H and O–H groups in total. The van der Waals surface area contributed by atoms with E-state index in [0.717, 1.165) is 18.2 Å². The number of hydrogen-bond donors (Lipinski definition) is 0. The Hall–Kier alpha value is -1.62. The molecule has 0 bridgehead atoms. The normalized spacial score (nSPS) is 14.9. The number of benzene rings is 1. The fourth-order valence-electron chi connectivity index (χ4n) is 1.52. The van der Waals surface area contributed by atoms with Crippen molar-refractivity contribution >= 4 is 52.3 Å². The largest absolute Gasteiger partial charge is 0.419 e. The Balaban J connectivity index is 2.14. The molecule has 108 valence electrons. The summed E-state index contributed by atoms with van der Waals surface area (Å²) in [5, 5.41) is 0. The van der Waals surface area contributed by atoms with Crippen molar-refractivity contribution in [2.24, 2.45) is 0 Å². The number of ketones is 2. The molecule has 1 aromatic carbocycles. The number of carbonyl (C=O) groups excluding carboxylic acids is 3. The van der Waals surface area contributed by atoms with Gasteiger partial charge in [0.1, 0.15) is 0 Å². The van der Waals surface area contributed by atoms with E-state index in [2.05, 4.69) is 0 Å². The molecule has 0 fully saturated rings. The maximum atomic E-state index is 11.9. The SMILES string of the molecule is O=C1C=CC(=O)C(OC(=O)c2ccc(C(Cl)(Cl)Cl)cc2)=C1. The number of alkyl halides is 3. The molecule has 0 amide bonds. The van der Waals surface area contributed by atoms with Gasteiger partial charge in [0.2, 0.25) is 9.58 Å². The lowest BCUT2D eigenvalue weighted by Gasteiger charge is -2.12. The average molecular weight is 346 g/mol. The Morgan fingerprint density at radius 2 is 1.62 bits per heavy atom. The molecule has 0 aromatic heterocycles. The molecule has 0 atom stereocenters. The van der Waals surface area contributed by atoms with Crippen LogP contribution in [0, 0.1) is 0 Å². The molecular formula is C14H7Cl3O4. The van der Waals surface area contributed by atoms with E-state index in [-0.39, 0.29) is 11.3 Å². The van der Waals surface area contributed by atoms with E-state index in [4.69, 9.17) is 39.5 Å². The summed E-state index contributed by atoms with van der Waals surface area (Å²) in [6.07, 6.45) is 3.09. The maximum absolute atomic E-state index is 11.9. The minimum atomic E-state index is -1.60. The highest BCUT2D eigenvalue weighted by molar-refractivity contribution is 6.66. The standard InChI is InChI=1S/C14H7Cl3O4/c15-14(16,17)9-3-1-8(2-4-9)13(20)21-12-7-10(18)5-6-11(12)19/h1-7H. The molecule has 0 aliphatic heterocycles. The van der Waals surface area contributed by atoms with Crippen molar-refractivity contribution in [2.75, 3.05) is 0 Å². The second-order valence-electron chi connectivity index (χ2n) is 4.07. The van der Waals surface area contributed by atoms with Crippen LogP contribution in [-0.4, -0.2) is 17.5 Å². The molecule has 0 radical (unpaired) electrons. The first kappa shape index (κ1) is 15.8. The predicted octanol–water partition coefficient (Wildman–Crippen LogP) is 3.26. The van der Waals surface area contributed by atoms with Crippen molar-refractivity contribution in [3.05, 3.63) is 59.4 Å². The van der Waals surface area contributed by atoms with E-state index in [1.807, 2.05) is 0 Å². The Labute approximate surface area is 134 Å². The molecule has 0 unspecified atom stereocenters. The summed E-state index contributed by atoms with van der Waals surface area (Å²) < 4.78 is 3.29. The van der Waals surface area contributed by atoms with Crippen molar-refractivity contribution in [1.82, 2.24) is 0 Å². The lowest BCUT2D eigenvalue weighted by Crippen LogP contribution is -2.15. The highest BCUT2D eigenvalue weighted by atomic mass is 35.6. The van der Waals surface area contributed by atoms with Crippen LogP contribution in [0.4, 0.5) is 0 Å². The monoisotopic (exact) mass is 344 g/mol. The summed E-state index contributed by atoms with van der Waals surface area (Å²) in [6.45, 7) is 0. The van der Waals surface area contributed by atoms with Gasteiger partial charge in [-0.2, -0.15) is 0 Å². The molecule has 0 spiro atoms. The van der Waals surface area contributed by atoms with E-state index in [1.165, 1.54) is 24.3 Å². The first-order chi connectivity index (χ1) is 9.77. The zero-order valence-corrected chi connectivity index (χ0v) is 12.6. The summed E-state index contributed by atoms with van der Waals surface area (Å²) in [6, 6.07) is 5.69. The minimum Gasteiger partial charge on any atom is -0.419 e. The molecule has 1 aliphatic carbocycles. The number of halogens is 3. The lowest BCUT2D eigenvalue weighted by molar-refractivity contribution is -0.116. The molecule has 0 saturated heterocycles. The zero-order chi connectivity index (χ0) is 15.6. The fourth-order valence-corrected chi connectivity index (χ4v) is 1.90. The van der Waals surface area contributed by atoms with Crippen molar-refractivity contribution in [1.29, 1.82) is 0 Å². The van der Waals surface area contributed by atoms with Crippen LogP contribution in [0.2, 0.25) is 0 Å². The Kier molecular flexibility index (Phi) is 4.52. The third-order valence-electron chi connectivity index (χ3n) is 2.57. The average Bonchev–Trinajstić information content (AvgIpc) is 2.42. The molecule has 21 heavy (non-hydrogen) atoms. The third kappa shape index (κ3) is 3.94. The van der Waals surface area contributed by atoms with Crippen LogP contribution in [-0.2, 0) is 18.1 Å². The first-order valence-electron chi connectivity index (χ1n) is 5.65. The van der Waals surface area contributed by atoms with Crippen molar-refractivity contribution in [3.8, 4) is 0 Å². The third-order valence-corrected chi connectivity index (χ3v) is 3.22. The summed E-state index contributed by atoms with van der Waals surface area (Å²) >= 11 is 17.1. The molecule has 1 aromatic rings. The number of ether oxygens (including phenoxy) is 1. The number of allylic oxidation sites excluding steroid dienone is 3. The predicted molar refractivity (Wildman–Crippen MR) is 78.3 cm³/mol. The zero-order valence-electron chi connectivity index (χ0n) is 10.3. The van der Waals surface area contributed by atoms with Gasteiger partial charge in [-0.3, -0.25) is 9.59 Å². The van der Waals surface area contributed by atoms with Crippen LogP contribution < -0.4 is 0 Å². The fraction of sp³-hybridized carbons (Fsp3) is 0.0714. The summed E-state index contributed by atoms with van der Waals surface area (Å²) in [5.41, 5.74) is 0.541. The smallest absolute Gasteiger partial charge is 0.343 e. The highest BCUT2D eigenvalue weighted by Crippen LogP contribution is 2.38. The van der Waals surface area contributed by atoms with Crippen molar-refractivity contribution in [2.45, 2.75) is 3.79 Å². The van der Waals surface area contributed by atoms with Gasteiger partial charge in [-0.15, -0.1) is 0 Å². The van der Waals surface area contributed by atoms with Gasteiger partial charge >= 0.3 is 5.97 Å². The van der Waals surface area contributed by atoms with E-state index < -0.39 is 21.3 Å². The molecule has 7 heteroatoms. The molecule has 0 heterocycles. The van der Waals surface area contributed by atoms with Crippen LogP contribution in [0.25, 0.3) is 0 Å². The van der Waals surface area contributed by atoms with Crippen LogP contribution in [0.5, 0.6) is 0 Å². The molecular weight excluding hydrogens is 339 g/mol. The number of hydrogen-bond acceptors (Lipinski definition) is 4. The van der Waals surface area contributed by atoms with Gasteiger partial charge in [0, 0.05) is 11.6 Å². The van der Waals surface area contributed by atoms with Gasteiger partial charge < -0.3 is 4.74 Å². The van der Waals surface area contributed by atoms with Crippen LogP contribution in [0.1, 0.15) is 15.9 Å². The van der Waals surface area contributed by atoms with Crippen LogP contribution in [0.15, 0.2) is 48.3 Å². The Morgan fingerprint density at radius 3 is 2.19 bits per heavy atom. The van der Waals surface area contributed by atoms with Gasteiger partial charge in [-0.05, 0) is 24.3 Å². The van der Waals surface area contributed by atoms with E-state index in [1.54, 1.807) is 0 Å². The highest BCUT2D eigenvalue weighted by Gasteiger charge is 2.23. The maximum Gasteiger partial charge on any atom is 0.343 e. The van der Waals surface area contributed by atoms with Crippen LogP contribution >= 0.6 is 34.8 Å². The lowest BCUT2D eigenvalue weighted by atomic mass is 10.1. The quantitative estimate of drug-likeness (QED) is 0.469. The number of carbonyl (C=O) groups is 3. The molecule has 2 rings (SSSR count). The van der Waals surface area contributed by atoms with Gasteiger partial charge in [0.25, 0.3) is 0 Å². The Morgan fingerprint density at radius 1 is 1.00 bits per heavy atom. The van der Waals surface area contributed by atoms with E-state index >= 15 is 0 Å². The van der Waals surface area contributed by atoms with Gasteiger partial charge in [0.05, 0.1) is 5.56 Å². The van der Waals surface area contributed by atoms with Crippen LogP contribution in [0.3, 0.4) is 0 Å².